The lowest BCUT2D eigenvalue weighted by molar-refractivity contribution is 0.340. The molecule has 0 bridgehead atoms. The Bertz CT molecular complexity index is 528. The first kappa shape index (κ1) is 15.0. The predicted octanol–water partition coefficient (Wildman–Crippen LogP) is 3.88. The third-order valence-electron chi connectivity index (χ3n) is 2.99. The van der Waals surface area contributed by atoms with Gasteiger partial charge >= 0.3 is 0 Å². The maximum Gasteiger partial charge on any atom is 0.124 e. The summed E-state index contributed by atoms with van der Waals surface area (Å²) >= 11 is 1.77. The molecule has 0 fully saturated rings. The summed E-state index contributed by atoms with van der Waals surface area (Å²) in [6, 6.07) is 8.18. The predicted molar refractivity (Wildman–Crippen MR) is 85.5 cm³/mol. The number of nitrogens with zero attached hydrogens (tertiary/aromatic N) is 1. The molecule has 20 heavy (non-hydrogen) atoms. The van der Waals surface area contributed by atoms with Gasteiger partial charge in [-0.3, -0.25) is 0 Å². The lowest BCUT2D eigenvalue weighted by Gasteiger charge is -2.03. The molecule has 0 saturated carbocycles. The average molecular weight is 290 g/mol. The minimum atomic E-state index is 0.688. The van der Waals surface area contributed by atoms with Crippen molar-refractivity contribution >= 4 is 11.3 Å². The third-order valence-corrected chi connectivity index (χ3v) is 4.14. The topological polar surface area (TPSA) is 34.1 Å². The van der Waals surface area contributed by atoms with Crippen LogP contribution in [0.2, 0.25) is 0 Å². The van der Waals surface area contributed by atoms with Crippen molar-refractivity contribution in [2.45, 2.75) is 33.2 Å². The van der Waals surface area contributed by atoms with Crippen LogP contribution in [-0.4, -0.2) is 18.6 Å². The first-order valence-electron chi connectivity index (χ1n) is 7.14. The normalized spacial score (nSPS) is 10.8. The van der Waals surface area contributed by atoms with Crippen molar-refractivity contribution in [1.82, 2.24) is 10.3 Å². The number of hydrogen-bond acceptors (Lipinski definition) is 4. The molecule has 1 heterocycles. The molecule has 0 saturated heterocycles. The van der Waals surface area contributed by atoms with Crippen molar-refractivity contribution in [3.63, 3.8) is 0 Å². The van der Waals surface area contributed by atoms with E-state index in [1.54, 1.807) is 11.3 Å². The fourth-order valence-corrected chi connectivity index (χ4v) is 3.24. The van der Waals surface area contributed by atoms with Gasteiger partial charge in [0.1, 0.15) is 10.8 Å². The Morgan fingerprint density at radius 2 is 2.15 bits per heavy atom. The molecule has 0 spiro atoms. The number of hydrogen-bond donors (Lipinski definition) is 1. The Morgan fingerprint density at radius 1 is 1.30 bits per heavy atom. The van der Waals surface area contributed by atoms with E-state index in [-0.39, 0.29) is 0 Å². The van der Waals surface area contributed by atoms with E-state index >= 15 is 0 Å². The van der Waals surface area contributed by atoms with Crippen LogP contribution in [0.3, 0.4) is 0 Å². The van der Waals surface area contributed by atoms with Gasteiger partial charge in [0.05, 0.1) is 12.3 Å². The zero-order valence-electron chi connectivity index (χ0n) is 12.4. The van der Waals surface area contributed by atoms with Gasteiger partial charge in [-0.25, -0.2) is 4.98 Å². The van der Waals surface area contributed by atoms with Crippen LogP contribution in [0.5, 0.6) is 5.75 Å². The molecule has 1 aromatic carbocycles. The quantitative estimate of drug-likeness (QED) is 0.840. The van der Waals surface area contributed by atoms with Gasteiger partial charge in [0.2, 0.25) is 0 Å². The second kappa shape index (κ2) is 7.41. The maximum atomic E-state index is 5.56. The standard InChI is InChI=1S/C16H22N2OS/c1-4-7-14-15(11-17-3)20-16(18-14)12-8-6-9-13(10-12)19-5-2/h6,8-10,17H,4-5,7,11H2,1-3H3. The van der Waals surface area contributed by atoms with Crippen LogP contribution in [0.15, 0.2) is 24.3 Å². The molecule has 1 aromatic heterocycles. The van der Waals surface area contributed by atoms with Crippen LogP contribution in [0.25, 0.3) is 10.6 Å². The minimum absolute atomic E-state index is 0.688. The molecule has 0 aliphatic rings. The second-order valence-corrected chi connectivity index (χ2v) is 5.71. The third kappa shape index (κ3) is 3.58. The number of rotatable bonds is 7. The first-order valence-corrected chi connectivity index (χ1v) is 7.96. The Morgan fingerprint density at radius 3 is 2.85 bits per heavy atom. The second-order valence-electron chi connectivity index (χ2n) is 4.63. The van der Waals surface area contributed by atoms with Crippen LogP contribution in [0.4, 0.5) is 0 Å². The molecule has 0 amide bonds. The molecular formula is C16H22N2OS. The number of aryl methyl sites for hydroxylation is 1. The largest absolute Gasteiger partial charge is 0.494 e. The van der Waals surface area contributed by atoms with Gasteiger partial charge in [0.15, 0.2) is 0 Å². The van der Waals surface area contributed by atoms with Crippen molar-refractivity contribution < 1.29 is 4.74 Å². The zero-order valence-corrected chi connectivity index (χ0v) is 13.2. The Hall–Kier alpha value is -1.39. The molecule has 108 valence electrons. The molecule has 4 heteroatoms. The number of thiazole rings is 1. The van der Waals surface area contributed by atoms with Crippen molar-refractivity contribution in [1.29, 1.82) is 0 Å². The minimum Gasteiger partial charge on any atom is -0.494 e. The fourth-order valence-electron chi connectivity index (χ4n) is 2.12. The Labute approximate surface area is 125 Å². The molecule has 2 rings (SSSR count). The van der Waals surface area contributed by atoms with Crippen molar-refractivity contribution in [2.24, 2.45) is 0 Å². The van der Waals surface area contributed by atoms with Gasteiger partial charge in [0.25, 0.3) is 0 Å². The van der Waals surface area contributed by atoms with E-state index in [1.165, 1.54) is 10.6 Å². The van der Waals surface area contributed by atoms with E-state index in [4.69, 9.17) is 9.72 Å². The van der Waals surface area contributed by atoms with Crippen LogP contribution in [0, 0.1) is 0 Å². The summed E-state index contributed by atoms with van der Waals surface area (Å²) in [4.78, 5) is 6.15. The molecule has 2 aromatic rings. The molecule has 3 nitrogen and oxygen atoms in total. The number of benzene rings is 1. The lowest BCUT2D eigenvalue weighted by atomic mass is 10.2. The molecule has 0 aliphatic heterocycles. The van der Waals surface area contributed by atoms with Crippen molar-refractivity contribution in [3.8, 4) is 16.3 Å². The van der Waals surface area contributed by atoms with E-state index < -0.39 is 0 Å². The van der Waals surface area contributed by atoms with Crippen LogP contribution in [0.1, 0.15) is 30.8 Å². The Kier molecular flexibility index (Phi) is 5.56. The van der Waals surface area contributed by atoms with Gasteiger partial charge in [-0.2, -0.15) is 0 Å². The fraction of sp³-hybridized carbons (Fsp3) is 0.438. The highest BCUT2D eigenvalue weighted by Gasteiger charge is 2.12. The highest BCUT2D eigenvalue weighted by Crippen LogP contribution is 2.30. The summed E-state index contributed by atoms with van der Waals surface area (Å²) in [5.41, 5.74) is 2.37. The highest BCUT2D eigenvalue weighted by atomic mass is 32.1. The van der Waals surface area contributed by atoms with Gasteiger partial charge in [-0.1, -0.05) is 25.5 Å². The van der Waals surface area contributed by atoms with E-state index in [1.807, 2.05) is 26.1 Å². The van der Waals surface area contributed by atoms with Gasteiger partial charge in [0, 0.05) is 17.0 Å². The summed E-state index contributed by atoms with van der Waals surface area (Å²) in [6.07, 6.45) is 2.16. The number of ether oxygens (including phenoxy) is 1. The summed E-state index contributed by atoms with van der Waals surface area (Å²) in [5, 5.41) is 4.31. The molecular weight excluding hydrogens is 268 g/mol. The Balaban J connectivity index is 2.31. The van der Waals surface area contributed by atoms with Crippen molar-refractivity contribution in [2.75, 3.05) is 13.7 Å². The maximum absolute atomic E-state index is 5.56. The van der Waals surface area contributed by atoms with Crippen molar-refractivity contribution in [3.05, 3.63) is 34.8 Å². The van der Waals surface area contributed by atoms with Gasteiger partial charge < -0.3 is 10.1 Å². The van der Waals surface area contributed by atoms with Crippen LogP contribution < -0.4 is 10.1 Å². The van der Waals surface area contributed by atoms with Crippen LogP contribution >= 0.6 is 11.3 Å². The zero-order chi connectivity index (χ0) is 14.4. The smallest absolute Gasteiger partial charge is 0.124 e. The number of nitrogens with one attached hydrogen (secondary N) is 1. The van der Waals surface area contributed by atoms with E-state index in [2.05, 4.69) is 24.4 Å². The SMILES string of the molecule is CCCc1nc(-c2cccc(OCC)c2)sc1CNC. The molecule has 0 atom stereocenters. The van der Waals surface area contributed by atoms with Gasteiger partial charge in [-0.05, 0) is 32.5 Å². The molecule has 0 unspecified atom stereocenters. The van der Waals surface area contributed by atoms with Gasteiger partial charge in [-0.15, -0.1) is 11.3 Å². The summed E-state index contributed by atoms with van der Waals surface area (Å²) in [6.45, 7) is 5.77. The van der Waals surface area contributed by atoms with E-state index in [9.17, 15) is 0 Å². The molecule has 1 N–H and O–H groups in total. The lowest BCUT2D eigenvalue weighted by Crippen LogP contribution is -2.05. The van der Waals surface area contributed by atoms with Crippen LogP contribution in [-0.2, 0) is 13.0 Å². The summed E-state index contributed by atoms with van der Waals surface area (Å²) in [5.74, 6) is 0.910. The summed E-state index contributed by atoms with van der Waals surface area (Å²) in [7, 11) is 1.98. The highest BCUT2D eigenvalue weighted by molar-refractivity contribution is 7.15. The first-order chi connectivity index (χ1) is 9.78. The number of aromatic nitrogens is 1. The van der Waals surface area contributed by atoms with E-state index in [0.29, 0.717) is 6.61 Å². The van der Waals surface area contributed by atoms with E-state index in [0.717, 1.165) is 35.7 Å². The average Bonchev–Trinajstić information content (AvgIpc) is 2.84. The monoisotopic (exact) mass is 290 g/mol. The molecule has 0 aliphatic carbocycles. The summed E-state index contributed by atoms with van der Waals surface area (Å²) < 4.78 is 5.56. The molecule has 0 radical (unpaired) electrons.